The zero-order chi connectivity index (χ0) is 14.6. The second-order valence-corrected chi connectivity index (χ2v) is 6.10. The van der Waals surface area contributed by atoms with Crippen molar-refractivity contribution in [1.29, 1.82) is 0 Å². The lowest BCUT2D eigenvalue weighted by molar-refractivity contribution is 0.0940. The molecule has 0 N–H and O–H groups in total. The minimum absolute atomic E-state index is 0.0102. The lowest BCUT2D eigenvalue weighted by Gasteiger charge is -2.16. The van der Waals surface area contributed by atoms with Crippen LogP contribution in [0.1, 0.15) is 37.6 Å². The van der Waals surface area contributed by atoms with Gasteiger partial charge in [-0.1, -0.05) is 39.0 Å². The molecule has 0 spiro atoms. The summed E-state index contributed by atoms with van der Waals surface area (Å²) in [5.74, 6) is 1.70. The Kier molecular flexibility index (Phi) is 4.23. The number of Topliss-reactive ketones (excluding diaryl/α,β-unsaturated/α-hetero) is 1. The molecular weight excluding hydrogens is 248 g/mol. The average Bonchev–Trinajstić information content (AvgIpc) is 2.39. The van der Waals surface area contributed by atoms with Crippen LogP contribution in [0.15, 0.2) is 54.6 Å². The Morgan fingerprint density at radius 1 is 0.900 bits per heavy atom. The van der Waals surface area contributed by atoms with Gasteiger partial charge in [0.05, 0.1) is 0 Å². The highest BCUT2D eigenvalue weighted by molar-refractivity contribution is 5.96. The minimum atomic E-state index is 0.0102. The maximum Gasteiger partial charge on any atom is 0.163 e. The minimum Gasteiger partial charge on any atom is -0.457 e. The molecule has 0 unspecified atom stereocenters. The van der Waals surface area contributed by atoms with Gasteiger partial charge in [0, 0.05) is 12.0 Å². The van der Waals surface area contributed by atoms with Crippen molar-refractivity contribution in [2.45, 2.75) is 27.2 Å². The third kappa shape index (κ3) is 4.23. The Morgan fingerprint density at radius 2 is 1.45 bits per heavy atom. The summed E-state index contributed by atoms with van der Waals surface area (Å²) in [6.07, 6.45) is 0.548. The molecule has 2 heteroatoms. The number of para-hydroxylation sites is 1. The van der Waals surface area contributed by atoms with Crippen LogP contribution in [0.25, 0.3) is 0 Å². The predicted molar refractivity (Wildman–Crippen MR) is 81.4 cm³/mol. The Labute approximate surface area is 120 Å². The molecule has 0 aliphatic heterocycles. The zero-order valence-corrected chi connectivity index (χ0v) is 12.2. The van der Waals surface area contributed by atoms with E-state index < -0.39 is 0 Å². The first-order valence-electron chi connectivity index (χ1n) is 6.80. The summed E-state index contributed by atoms with van der Waals surface area (Å²) in [5.41, 5.74) is 0.747. The van der Waals surface area contributed by atoms with Crippen molar-refractivity contribution < 1.29 is 9.53 Å². The molecule has 2 aromatic rings. The second kappa shape index (κ2) is 5.91. The molecule has 0 heterocycles. The van der Waals surface area contributed by atoms with Crippen molar-refractivity contribution in [2.75, 3.05) is 0 Å². The van der Waals surface area contributed by atoms with Crippen LogP contribution in [0, 0.1) is 5.41 Å². The summed E-state index contributed by atoms with van der Waals surface area (Å²) in [6.45, 7) is 6.20. The molecule has 0 radical (unpaired) electrons. The van der Waals surface area contributed by atoms with Crippen molar-refractivity contribution in [3.05, 3.63) is 60.2 Å². The smallest absolute Gasteiger partial charge is 0.163 e. The summed E-state index contributed by atoms with van der Waals surface area (Å²) in [6, 6.07) is 16.9. The molecule has 0 bridgehead atoms. The number of benzene rings is 2. The lowest BCUT2D eigenvalue weighted by atomic mass is 9.88. The molecule has 20 heavy (non-hydrogen) atoms. The van der Waals surface area contributed by atoms with Gasteiger partial charge in [-0.15, -0.1) is 0 Å². The highest BCUT2D eigenvalue weighted by atomic mass is 16.5. The standard InChI is InChI=1S/C18H20O2/c1-18(2,3)13-17(19)14-9-11-16(12-10-14)20-15-7-5-4-6-8-15/h4-12H,13H2,1-3H3. The number of ketones is 1. The molecule has 0 saturated heterocycles. The maximum absolute atomic E-state index is 12.1. The Hall–Kier alpha value is -2.09. The van der Waals surface area contributed by atoms with E-state index in [9.17, 15) is 4.79 Å². The first-order valence-corrected chi connectivity index (χ1v) is 6.80. The molecule has 2 aromatic carbocycles. The fourth-order valence-corrected chi connectivity index (χ4v) is 1.92. The largest absolute Gasteiger partial charge is 0.457 e. The number of carbonyl (C=O) groups excluding carboxylic acids is 1. The van der Waals surface area contributed by atoms with Gasteiger partial charge >= 0.3 is 0 Å². The highest BCUT2D eigenvalue weighted by Crippen LogP contribution is 2.24. The fourth-order valence-electron chi connectivity index (χ4n) is 1.92. The molecule has 0 atom stereocenters. The van der Waals surface area contributed by atoms with Gasteiger partial charge in [-0.25, -0.2) is 0 Å². The Bertz CT molecular complexity index is 563. The van der Waals surface area contributed by atoms with E-state index in [1.54, 1.807) is 0 Å². The zero-order valence-electron chi connectivity index (χ0n) is 12.2. The third-order valence-electron chi connectivity index (χ3n) is 2.85. The van der Waals surface area contributed by atoms with E-state index in [2.05, 4.69) is 20.8 Å². The molecule has 2 nitrogen and oxygen atoms in total. The van der Waals surface area contributed by atoms with E-state index in [0.717, 1.165) is 17.1 Å². The molecule has 0 aliphatic rings. The van der Waals surface area contributed by atoms with Gasteiger partial charge in [0.25, 0.3) is 0 Å². The molecular formula is C18H20O2. The number of rotatable bonds is 4. The van der Waals surface area contributed by atoms with E-state index in [1.165, 1.54) is 0 Å². The normalized spacial score (nSPS) is 11.2. The number of carbonyl (C=O) groups is 1. The van der Waals surface area contributed by atoms with Gasteiger partial charge < -0.3 is 4.74 Å². The van der Waals surface area contributed by atoms with Crippen molar-refractivity contribution in [3.8, 4) is 11.5 Å². The van der Waals surface area contributed by atoms with Crippen molar-refractivity contribution >= 4 is 5.78 Å². The summed E-state index contributed by atoms with van der Waals surface area (Å²) in [5, 5.41) is 0. The van der Waals surface area contributed by atoms with Crippen LogP contribution in [0.5, 0.6) is 11.5 Å². The lowest BCUT2D eigenvalue weighted by Crippen LogP contribution is -2.12. The maximum atomic E-state index is 12.1. The van der Waals surface area contributed by atoms with E-state index in [-0.39, 0.29) is 11.2 Å². The summed E-state index contributed by atoms with van der Waals surface area (Å²) in [7, 11) is 0. The predicted octanol–water partition coefficient (Wildman–Crippen LogP) is 5.10. The molecule has 0 amide bonds. The quantitative estimate of drug-likeness (QED) is 0.721. The molecule has 0 saturated carbocycles. The summed E-state index contributed by atoms with van der Waals surface area (Å²) < 4.78 is 5.70. The van der Waals surface area contributed by atoms with Crippen molar-refractivity contribution in [2.24, 2.45) is 5.41 Å². The number of hydrogen-bond donors (Lipinski definition) is 0. The molecule has 2 rings (SSSR count). The fraction of sp³-hybridized carbons (Fsp3) is 0.278. The second-order valence-electron chi connectivity index (χ2n) is 6.10. The van der Waals surface area contributed by atoms with Crippen LogP contribution in [-0.4, -0.2) is 5.78 Å². The van der Waals surface area contributed by atoms with Crippen LogP contribution in [-0.2, 0) is 0 Å². The van der Waals surface area contributed by atoms with Crippen LogP contribution in [0.4, 0.5) is 0 Å². The molecule has 0 aromatic heterocycles. The van der Waals surface area contributed by atoms with Crippen molar-refractivity contribution in [3.63, 3.8) is 0 Å². The van der Waals surface area contributed by atoms with Crippen LogP contribution in [0.2, 0.25) is 0 Å². The first kappa shape index (κ1) is 14.3. The van der Waals surface area contributed by atoms with Crippen LogP contribution >= 0.6 is 0 Å². The Balaban J connectivity index is 2.05. The van der Waals surface area contributed by atoms with Crippen LogP contribution < -0.4 is 4.74 Å². The summed E-state index contributed by atoms with van der Waals surface area (Å²) in [4.78, 5) is 12.1. The van der Waals surface area contributed by atoms with E-state index in [0.29, 0.717) is 6.42 Å². The van der Waals surface area contributed by atoms with E-state index in [1.807, 2.05) is 54.6 Å². The van der Waals surface area contributed by atoms with Gasteiger partial charge in [0.15, 0.2) is 5.78 Å². The molecule has 0 aliphatic carbocycles. The number of ether oxygens (including phenoxy) is 1. The SMILES string of the molecule is CC(C)(C)CC(=O)c1ccc(Oc2ccccc2)cc1. The monoisotopic (exact) mass is 268 g/mol. The first-order chi connectivity index (χ1) is 9.44. The van der Waals surface area contributed by atoms with Crippen LogP contribution in [0.3, 0.4) is 0 Å². The van der Waals surface area contributed by atoms with Gasteiger partial charge in [-0.3, -0.25) is 4.79 Å². The topological polar surface area (TPSA) is 26.3 Å². The van der Waals surface area contributed by atoms with Gasteiger partial charge in [-0.2, -0.15) is 0 Å². The van der Waals surface area contributed by atoms with Crippen molar-refractivity contribution in [1.82, 2.24) is 0 Å². The van der Waals surface area contributed by atoms with Gasteiger partial charge in [-0.05, 0) is 41.8 Å². The van der Waals surface area contributed by atoms with E-state index >= 15 is 0 Å². The average molecular weight is 268 g/mol. The van der Waals surface area contributed by atoms with Gasteiger partial charge in [0.2, 0.25) is 0 Å². The molecule has 104 valence electrons. The Morgan fingerprint density at radius 3 is 2.00 bits per heavy atom. The van der Waals surface area contributed by atoms with Gasteiger partial charge in [0.1, 0.15) is 11.5 Å². The third-order valence-corrected chi connectivity index (χ3v) is 2.85. The highest BCUT2D eigenvalue weighted by Gasteiger charge is 2.17. The number of hydrogen-bond acceptors (Lipinski definition) is 2. The molecule has 0 fully saturated rings. The van der Waals surface area contributed by atoms with E-state index in [4.69, 9.17) is 4.74 Å². The summed E-state index contributed by atoms with van der Waals surface area (Å²) >= 11 is 0.